The lowest BCUT2D eigenvalue weighted by atomic mass is 9.94. The third-order valence-corrected chi connectivity index (χ3v) is 6.99. The minimum Gasteiger partial charge on any atom is -0.445 e. The highest BCUT2D eigenvalue weighted by Crippen LogP contribution is 2.29. The van der Waals surface area contributed by atoms with Crippen LogP contribution in [0.2, 0.25) is 0 Å². The summed E-state index contributed by atoms with van der Waals surface area (Å²) in [6.45, 7) is 5.66. The number of hydrogen-bond acceptors (Lipinski definition) is 6. The highest BCUT2D eigenvalue weighted by Gasteiger charge is 2.29. The van der Waals surface area contributed by atoms with E-state index < -0.39 is 6.09 Å². The molecule has 0 unspecified atom stereocenters. The number of nitrogens with one attached hydrogen (secondary N) is 1. The lowest BCUT2D eigenvalue weighted by Crippen LogP contribution is -2.53. The Hall–Kier alpha value is -2.65. The first-order valence-electron chi connectivity index (χ1n) is 11.2. The standard InChI is InChI=1S/C23H31N5O3S/c1-26-11-13-28(14-12-26)23(30)27-9-7-19(8-10-27)20-17-32-21(25-20)15-24-22(29)31-16-18-5-3-2-4-6-18/h2-6,17,19H,7-16H2,1H3,(H,24,29). The number of likely N-dealkylation sites (N-methyl/N-ethyl adjacent to an activating group) is 1. The Bertz CT molecular complexity index is 890. The molecule has 1 N–H and O–H groups in total. The summed E-state index contributed by atoms with van der Waals surface area (Å²) in [6, 6.07) is 9.78. The van der Waals surface area contributed by atoms with E-state index in [1.807, 2.05) is 40.1 Å². The molecular formula is C23H31N5O3S. The second-order valence-electron chi connectivity index (χ2n) is 8.42. The maximum atomic E-state index is 12.8. The second-order valence-corrected chi connectivity index (χ2v) is 9.36. The molecule has 2 fully saturated rings. The van der Waals surface area contributed by atoms with Crippen molar-refractivity contribution in [3.63, 3.8) is 0 Å². The Balaban J connectivity index is 1.19. The van der Waals surface area contributed by atoms with Crippen molar-refractivity contribution in [1.82, 2.24) is 25.0 Å². The van der Waals surface area contributed by atoms with Crippen molar-refractivity contribution < 1.29 is 14.3 Å². The number of amides is 3. The van der Waals surface area contributed by atoms with Crippen LogP contribution in [0.15, 0.2) is 35.7 Å². The van der Waals surface area contributed by atoms with Crippen LogP contribution in [0, 0.1) is 0 Å². The van der Waals surface area contributed by atoms with Gasteiger partial charge in [0, 0.05) is 50.6 Å². The zero-order valence-electron chi connectivity index (χ0n) is 18.5. The molecule has 0 aliphatic carbocycles. The van der Waals surface area contributed by atoms with E-state index in [1.165, 1.54) is 0 Å². The van der Waals surface area contributed by atoms with Gasteiger partial charge in [-0.15, -0.1) is 11.3 Å². The molecule has 4 rings (SSSR count). The van der Waals surface area contributed by atoms with Gasteiger partial charge in [0.1, 0.15) is 11.6 Å². The molecule has 3 amide bonds. The SMILES string of the molecule is CN1CCN(C(=O)N2CCC(c3csc(CNC(=O)OCc4ccccc4)n3)CC2)CC1. The summed E-state index contributed by atoms with van der Waals surface area (Å²) in [6.07, 6.45) is 1.41. The second kappa shape index (κ2) is 10.8. The average Bonchev–Trinajstić information content (AvgIpc) is 3.31. The van der Waals surface area contributed by atoms with Gasteiger partial charge >= 0.3 is 12.1 Å². The maximum Gasteiger partial charge on any atom is 0.407 e. The number of likely N-dealkylation sites (tertiary alicyclic amines) is 1. The van der Waals surface area contributed by atoms with Crippen LogP contribution < -0.4 is 5.32 Å². The highest BCUT2D eigenvalue weighted by molar-refractivity contribution is 7.09. The van der Waals surface area contributed by atoms with Gasteiger partial charge in [-0.1, -0.05) is 30.3 Å². The van der Waals surface area contributed by atoms with E-state index in [1.54, 1.807) is 11.3 Å². The summed E-state index contributed by atoms with van der Waals surface area (Å²) in [5, 5.41) is 5.72. The number of alkyl carbamates (subject to hydrolysis) is 1. The zero-order valence-corrected chi connectivity index (χ0v) is 19.4. The number of rotatable bonds is 5. The average molecular weight is 458 g/mol. The van der Waals surface area contributed by atoms with Crippen molar-refractivity contribution in [2.45, 2.75) is 31.9 Å². The lowest BCUT2D eigenvalue weighted by molar-refractivity contribution is 0.113. The molecule has 9 heteroatoms. The third-order valence-electron chi connectivity index (χ3n) is 6.12. The molecule has 172 valence electrons. The molecule has 8 nitrogen and oxygen atoms in total. The number of urea groups is 1. The molecular weight excluding hydrogens is 426 g/mol. The van der Waals surface area contributed by atoms with Crippen molar-refractivity contribution in [3.8, 4) is 0 Å². The normalized spacial score (nSPS) is 17.9. The Kier molecular flexibility index (Phi) is 7.59. The van der Waals surface area contributed by atoms with E-state index in [0.29, 0.717) is 12.5 Å². The number of aromatic nitrogens is 1. The molecule has 0 saturated carbocycles. The molecule has 0 radical (unpaired) electrons. The molecule has 32 heavy (non-hydrogen) atoms. The van der Waals surface area contributed by atoms with Crippen molar-refractivity contribution in [2.24, 2.45) is 0 Å². The van der Waals surface area contributed by atoms with Crippen molar-refractivity contribution in [2.75, 3.05) is 46.3 Å². The predicted molar refractivity (Wildman–Crippen MR) is 124 cm³/mol. The topological polar surface area (TPSA) is 78.0 Å². The molecule has 0 bridgehead atoms. The van der Waals surface area contributed by atoms with Gasteiger partial charge in [-0.3, -0.25) is 0 Å². The highest BCUT2D eigenvalue weighted by atomic mass is 32.1. The molecule has 1 aromatic carbocycles. The first-order chi connectivity index (χ1) is 15.6. The third kappa shape index (κ3) is 5.98. The van der Waals surface area contributed by atoms with Crippen LogP contribution in [-0.4, -0.2) is 78.1 Å². The van der Waals surface area contributed by atoms with Gasteiger partial charge in [-0.05, 0) is 25.5 Å². The summed E-state index contributed by atoms with van der Waals surface area (Å²) >= 11 is 1.55. The minimum absolute atomic E-state index is 0.175. The predicted octanol–water partition coefficient (Wildman–Crippen LogP) is 3.12. The van der Waals surface area contributed by atoms with Gasteiger partial charge in [-0.2, -0.15) is 0 Å². The lowest BCUT2D eigenvalue weighted by Gasteiger charge is -2.38. The van der Waals surface area contributed by atoms with Gasteiger partial charge in [0.25, 0.3) is 0 Å². The first kappa shape index (κ1) is 22.5. The molecule has 3 heterocycles. The number of nitrogens with zero attached hydrogens (tertiary/aromatic N) is 4. The number of ether oxygens (including phenoxy) is 1. The van der Waals surface area contributed by atoms with E-state index in [4.69, 9.17) is 9.72 Å². The number of benzene rings is 1. The molecule has 1 aromatic heterocycles. The zero-order chi connectivity index (χ0) is 22.3. The molecule has 2 aliphatic heterocycles. The summed E-state index contributed by atoms with van der Waals surface area (Å²) in [5.74, 6) is 0.363. The van der Waals surface area contributed by atoms with Crippen molar-refractivity contribution >= 4 is 23.5 Å². The largest absolute Gasteiger partial charge is 0.445 e. The molecule has 0 spiro atoms. The van der Waals surface area contributed by atoms with E-state index >= 15 is 0 Å². The van der Waals surface area contributed by atoms with Crippen LogP contribution in [0.5, 0.6) is 0 Å². The summed E-state index contributed by atoms with van der Waals surface area (Å²) < 4.78 is 5.25. The molecule has 2 saturated heterocycles. The van der Waals surface area contributed by atoms with Crippen LogP contribution in [0.3, 0.4) is 0 Å². The molecule has 2 aromatic rings. The van der Waals surface area contributed by atoms with E-state index in [2.05, 4.69) is 22.6 Å². The quantitative estimate of drug-likeness (QED) is 0.747. The number of hydrogen-bond donors (Lipinski definition) is 1. The first-order valence-corrected chi connectivity index (χ1v) is 12.1. The van der Waals surface area contributed by atoms with Gasteiger partial charge < -0.3 is 24.8 Å². The van der Waals surface area contributed by atoms with Crippen molar-refractivity contribution in [1.29, 1.82) is 0 Å². The Morgan fingerprint density at radius 1 is 1.06 bits per heavy atom. The molecule has 2 aliphatic rings. The Morgan fingerprint density at radius 3 is 2.47 bits per heavy atom. The van der Waals surface area contributed by atoms with Crippen LogP contribution >= 0.6 is 11.3 Å². The maximum absolute atomic E-state index is 12.8. The minimum atomic E-state index is -0.443. The smallest absolute Gasteiger partial charge is 0.407 e. The van der Waals surface area contributed by atoms with E-state index in [-0.39, 0.29) is 12.6 Å². The van der Waals surface area contributed by atoms with Crippen LogP contribution in [0.25, 0.3) is 0 Å². The van der Waals surface area contributed by atoms with E-state index in [9.17, 15) is 9.59 Å². The molecule has 0 atom stereocenters. The summed E-state index contributed by atoms with van der Waals surface area (Å²) in [7, 11) is 2.10. The number of carbonyl (C=O) groups is 2. The fourth-order valence-corrected chi connectivity index (χ4v) is 4.90. The van der Waals surface area contributed by atoms with Gasteiger partial charge in [0.05, 0.1) is 12.2 Å². The van der Waals surface area contributed by atoms with Crippen molar-refractivity contribution in [3.05, 3.63) is 52.0 Å². The number of carbonyl (C=O) groups excluding carboxylic acids is 2. The number of thiazole rings is 1. The van der Waals surface area contributed by atoms with Gasteiger partial charge in [-0.25, -0.2) is 14.6 Å². The Morgan fingerprint density at radius 2 is 1.75 bits per heavy atom. The van der Waals surface area contributed by atoms with Crippen LogP contribution in [0.1, 0.15) is 35.0 Å². The summed E-state index contributed by atoms with van der Waals surface area (Å²) in [4.78, 5) is 35.7. The number of piperazine rings is 1. The van der Waals surface area contributed by atoms with E-state index in [0.717, 1.165) is 68.4 Å². The van der Waals surface area contributed by atoms with Crippen LogP contribution in [0.4, 0.5) is 9.59 Å². The van der Waals surface area contributed by atoms with Gasteiger partial charge in [0.2, 0.25) is 0 Å². The fourth-order valence-electron chi connectivity index (χ4n) is 4.08. The van der Waals surface area contributed by atoms with Crippen LogP contribution in [-0.2, 0) is 17.9 Å². The fraction of sp³-hybridized carbons (Fsp3) is 0.522. The summed E-state index contributed by atoms with van der Waals surface area (Å²) in [5.41, 5.74) is 2.02. The Labute approximate surface area is 193 Å². The van der Waals surface area contributed by atoms with Gasteiger partial charge in [0.15, 0.2) is 0 Å². The monoisotopic (exact) mass is 457 g/mol. The number of piperidine rings is 1.